The zero-order chi connectivity index (χ0) is 18.6. The van der Waals surface area contributed by atoms with Crippen LogP contribution in [0.15, 0.2) is 0 Å². The molecule has 146 valence electrons. The lowest BCUT2D eigenvalue weighted by atomic mass is 9.99. The summed E-state index contributed by atoms with van der Waals surface area (Å²) in [6, 6.07) is 0. The molecule has 1 fully saturated rings. The molecule has 0 spiro atoms. The van der Waals surface area contributed by atoms with Crippen molar-refractivity contribution in [3.63, 3.8) is 0 Å². The standard InChI is InChI=1S/C16H23F3N4OS2/c17-16(18,19)11-5-6-13-21-22-14(23(13)10-11)9-20-15(24)4-2-1-3-12-7-8-25-26-12/h11-12H,1-10H2,(H,20,24)/t11-,12-/m1/s1. The highest BCUT2D eigenvalue weighted by Gasteiger charge is 2.42. The minimum Gasteiger partial charge on any atom is -0.349 e. The quantitative estimate of drug-likeness (QED) is 0.550. The van der Waals surface area contributed by atoms with Crippen LogP contribution in [0, 0.1) is 5.92 Å². The number of fused-ring (bicyclic) bond motifs is 1. The Bertz CT molecular complexity index is 617. The van der Waals surface area contributed by atoms with Crippen LogP contribution in [-0.4, -0.2) is 37.9 Å². The number of carbonyl (C=O) groups excluding carboxylic acids is 1. The fourth-order valence-electron chi connectivity index (χ4n) is 3.27. The normalized spacial score (nSPS) is 23.0. The number of aromatic nitrogens is 3. The van der Waals surface area contributed by atoms with Crippen LogP contribution in [0.1, 0.15) is 50.2 Å². The van der Waals surface area contributed by atoms with Gasteiger partial charge in [0.2, 0.25) is 5.91 Å². The topological polar surface area (TPSA) is 59.8 Å². The van der Waals surface area contributed by atoms with E-state index >= 15 is 0 Å². The molecule has 0 saturated carbocycles. The molecule has 1 aromatic rings. The lowest BCUT2D eigenvalue weighted by molar-refractivity contribution is -0.182. The van der Waals surface area contributed by atoms with Crippen molar-refractivity contribution >= 4 is 27.5 Å². The van der Waals surface area contributed by atoms with E-state index in [0.717, 1.165) is 19.3 Å². The summed E-state index contributed by atoms with van der Waals surface area (Å²) in [4.78, 5) is 12.0. The second-order valence-electron chi connectivity index (χ2n) is 6.77. The van der Waals surface area contributed by atoms with Gasteiger partial charge in [-0.1, -0.05) is 28.0 Å². The monoisotopic (exact) mass is 408 g/mol. The Morgan fingerprint density at radius 3 is 2.85 bits per heavy atom. The molecule has 0 radical (unpaired) electrons. The van der Waals surface area contributed by atoms with Gasteiger partial charge in [0, 0.05) is 30.4 Å². The van der Waals surface area contributed by atoms with Crippen LogP contribution in [0.4, 0.5) is 13.2 Å². The van der Waals surface area contributed by atoms with Crippen molar-refractivity contribution in [2.75, 3.05) is 5.75 Å². The Kier molecular flexibility index (Phi) is 6.76. The fourth-order valence-corrected chi connectivity index (χ4v) is 6.30. The van der Waals surface area contributed by atoms with E-state index in [1.807, 2.05) is 21.6 Å². The molecule has 10 heteroatoms. The SMILES string of the molecule is O=C(CCCC[C@@H]1CCSS1)NCc1nnc2n1C[C@H](C(F)(F)F)CC2. The maximum absolute atomic E-state index is 12.9. The molecular formula is C16H23F3N4OS2. The second kappa shape index (κ2) is 8.86. The van der Waals surface area contributed by atoms with Gasteiger partial charge < -0.3 is 9.88 Å². The third-order valence-electron chi connectivity index (χ3n) is 4.84. The van der Waals surface area contributed by atoms with Crippen molar-refractivity contribution in [2.45, 2.75) is 69.5 Å². The van der Waals surface area contributed by atoms with Gasteiger partial charge in [0.15, 0.2) is 5.82 Å². The van der Waals surface area contributed by atoms with Gasteiger partial charge in [-0.2, -0.15) is 13.2 Å². The Labute approximate surface area is 158 Å². The Hall–Kier alpha value is -0.900. The van der Waals surface area contributed by atoms with E-state index in [2.05, 4.69) is 15.5 Å². The van der Waals surface area contributed by atoms with Crippen LogP contribution < -0.4 is 5.32 Å². The summed E-state index contributed by atoms with van der Waals surface area (Å²) in [5.41, 5.74) is 0. The molecule has 3 rings (SSSR count). The molecule has 1 N–H and O–H groups in total. The molecule has 0 bridgehead atoms. The van der Waals surface area contributed by atoms with Crippen molar-refractivity contribution in [3.8, 4) is 0 Å². The maximum atomic E-state index is 12.9. The fraction of sp³-hybridized carbons (Fsp3) is 0.812. The smallest absolute Gasteiger partial charge is 0.349 e. The first kappa shape index (κ1) is 19.9. The third-order valence-corrected chi connectivity index (χ3v) is 7.84. The third kappa shape index (κ3) is 5.31. The first-order valence-corrected chi connectivity index (χ1v) is 11.3. The van der Waals surface area contributed by atoms with E-state index < -0.39 is 12.1 Å². The largest absolute Gasteiger partial charge is 0.393 e. The van der Waals surface area contributed by atoms with Gasteiger partial charge in [0.05, 0.1) is 12.5 Å². The second-order valence-corrected chi connectivity index (χ2v) is 9.56. The minimum absolute atomic E-state index is 0.0474. The Morgan fingerprint density at radius 2 is 2.12 bits per heavy atom. The number of aryl methyl sites for hydroxylation is 1. The number of nitrogens with zero attached hydrogens (tertiary/aromatic N) is 3. The maximum Gasteiger partial charge on any atom is 0.393 e. The molecule has 2 aliphatic rings. The van der Waals surface area contributed by atoms with Crippen LogP contribution >= 0.6 is 21.6 Å². The van der Waals surface area contributed by atoms with Crippen LogP contribution in [0.3, 0.4) is 0 Å². The highest BCUT2D eigenvalue weighted by Crippen LogP contribution is 2.40. The van der Waals surface area contributed by atoms with Crippen molar-refractivity contribution in [2.24, 2.45) is 5.92 Å². The summed E-state index contributed by atoms with van der Waals surface area (Å²) in [7, 11) is 3.86. The van der Waals surface area contributed by atoms with Crippen molar-refractivity contribution in [1.29, 1.82) is 0 Å². The van der Waals surface area contributed by atoms with Gasteiger partial charge in [0.1, 0.15) is 5.82 Å². The molecule has 1 amide bonds. The summed E-state index contributed by atoms with van der Waals surface area (Å²) >= 11 is 0. The van der Waals surface area contributed by atoms with E-state index in [9.17, 15) is 18.0 Å². The van der Waals surface area contributed by atoms with Crippen molar-refractivity contribution in [1.82, 2.24) is 20.1 Å². The van der Waals surface area contributed by atoms with E-state index in [1.165, 1.54) is 16.7 Å². The first-order valence-electron chi connectivity index (χ1n) is 8.96. The summed E-state index contributed by atoms with van der Waals surface area (Å²) in [5, 5.41) is 11.4. The molecule has 1 saturated heterocycles. The predicted octanol–water partition coefficient (Wildman–Crippen LogP) is 3.73. The van der Waals surface area contributed by atoms with Crippen LogP contribution in [-0.2, 0) is 24.3 Å². The van der Waals surface area contributed by atoms with Gasteiger partial charge in [-0.15, -0.1) is 10.2 Å². The van der Waals surface area contributed by atoms with Crippen molar-refractivity contribution < 1.29 is 18.0 Å². The molecule has 5 nitrogen and oxygen atoms in total. The van der Waals surface area contributed by atoms with E-state index in [0.29, 0.717) is 23.3 Å². The molecule has 2 atom stereocenters. The number of nitrogens with one attached hydrogen (secondary N) is 1. The number of alkyl halides is 3. The summed E-state index contributed by atoms with van der Waals surface area (Å²) < 4.78 is 40.3. The molecule has 0 unspecified atom stereocenters. The Balaban J connectivity index is 1.41. The number of carbonyl (C=O) groups is 1. The molecular weight excluding hydrogens is 385 g/mol. The van der Waals surface area contributed by atoms with Gasteiger partial charge in [0.25, 0.3) is 0 Å². The lowest BCUT2D eigenvalue weighted by Gasteiger charge is -2.26. The number of unbranched alkanes of at least 4 members (excludes halogenated alkanes) is 1. The molecule has 1 aromatic heterocycles. The highest BCUT2D eigenvalue weighted by atomic mass is 33.1. The Morgan fingerprint density at radius 1 is 1.27 bits per heavy atom. The van der Waals surface area contributed by atoms with E-state index in [4.69, 9.17) is 0 Å². The molecule has 0 aliphatic carbocycles. The van der Waals surface area contributed by atoms with Crippen LogP contribution in [0.25, 0.3) is 0 Å². The van der Waals surface area contributed by atoms with Gasteiger partial charge in [-0.05, 0) is 25.7 Å². The molecule has 2 aliphatic heterocycles. The van der Waals surface area contributed by atoms with Crippen molar-refractivity contribution in [3.05, 3.63) is 11.6 Å². The number of hydrogen-bond donors (Lipinski definition) is 1. The average Bonchev–Trinajstić information content (AvgIpc) is 3.25. The lowest BCUT2D eigenvalue weighted by Crippen LogP contribution is -2.33. The minimum atomic E-state index is -4.21. The number of rotatable bonds is 7. The van der Waals surface area contributed by atoms with E-state index in [-0.39, 0.29) is 31.8 Å². The number of amides is 1. The zero-order valence-electron chi connectivity index (χ0n) is 14.4. The van der Waals surface area contributed by atoms with Gasteiger partial charge in [-0.25, -0.2) is 0 Å². The summed E-state index contributed by atoms with van der Waals surface area (Å²) in [5.74, 6) is 0.739. The summed E-state index contributed by atoms with van der Waals surface area (Å²) in [6.45, 7) is -0.0281. The van der Waals surface area contributed by atoms with Crippen LogP contribution in [0.2, 0.25) is 0 Å². The van der Waals surface area contributed by atoms with Gasteiger partial charge >= 0.3 is 6.18 Å². The number of hydrogen-bond acceptors (Lipinski definition) is 5. The molecule has 3 heterocycles. The first-order chi connectivity index (χ1) is 12.4. The molecule has 26 heavy (non-hydrogen) atoms. The average molecular weight is 409 g/mol. The highest BCUT2D eigenvalue weighted by molar-refractivity contribution is 8.77. The van der Waals surface area contributed by atoms with Crippen LogP contribution in [0.5, 0.6) is 0 Å². The number of halogens is 3. The summed E-state index contributed by atoms with van der Waals surface area (Å²) in [6.07, 6.45) is 0.796. The van der Waals surface area contributed by atoms with Gasteiger partial charge in [-0.3, -0.25) is 4.79 Å². The zero-order valence-corrected chi connectivity index (χ0v) is 16.1. The molecule has 0 aromatic carbocycles. The predicted molar refractivity (Wildman–Crippen MR) is 96.7 cm³/mol. The van der Waals surface area contributed by atoms with E-state index in [1.54, 1.807) is 0 Å².